The van der Waals surface area contributed by atoms with Crippen molar-refractivity contribution in [2.24, 2.45) is 11.8 Å². The zero-order valence-electron chi connectivity index (χ0n) is 11.3. The van der Waals surface area contributed by atoms with Gasteiger partial charge in [0.1, 0.15) is 0 Å². The molecule has 0 radical (unpaired) electrons. The highest BCUT2D eigenvalue weighted by Crippen LogP contribution is 2.32. The third kappa shape index (κ3) is 2.32. The number of H-pyrrole nitrogens is 1. The maximum absolute atomic E-state index is 11.8. The molecule has 8 heteroatoms. The fraction of sp³-hybridized carbons (Fsp3) is 0.462. The van der Waals surface area contributed by atoms with Gasteiger partial charge in [0.25, 0.3) is 5.56 Å². The Morgan fingerprint density at radius 1 is 1.38 bits per heavy atom. The molecule has 21 heavy (non-hydrogen) atoms. The monoisotopic (exact) mass is 291 g/mol. The molecule has 0 spiro atoms. The number of aromatic nitrogens is 4. The second-order valence-electron chi connectivity index (χ2n) is 5.25. The van der Waals surface area contributed by atoms with Gasteiger partial charge in [0.05, 0.1) is 12.4 Å². The molecule has 0 saturated carbocycles. The number of nitrogen functional groups attached to an aromatic ring is 1. The van der Waals surface area contributed by atoms with Crippen molar-refractivity contribution >= 4 is 17.1 Å². The van der Waals surface area contributed by atoms with Gasteiger partial charge in [-0.2, -0.15) is 4.98 Å². The molecule has 112 valence electrons. The van der Waals surface area contributed by atoms with Crippen molar-refractivity contribution in [1.82, 2.24) is 19.5 Å². The van der Waals surface area contributed by atoms with Crippen molar-refractivity contribution in [3.8, 4) is 0 Å². The van der Waals surface area contributed by atoms with Crippen LogP contribution in [0.1, 0.15) is 12.5 Å². The molecule has 0 aromatic carbocycles. The van der Waals surface area contributed by atoms with Crippen molar-refractivity contribution in [2.75, 3.05) is 18.9 Å². The topological polar surface area (TPSA) is 130 Å². The van der Waals surface area contributed by atoms with Gasteiger partial charge in [0.15, 0.2) is 11.2 Å². The Bertz CT molecular complexity index is 735. The Morgan fingerprint density at radius 3 is 2.90 bits per heavy atom. The molecule has 0 saturated heterocycles. The first kappa shape index (κ1) is 13.8. The summed E-state index contributed by atoms with van der Waals surface area (Å²) >= 11 is 0. The Hall–Kier alpha value is -2.19. The lowest BCUT2D eigenvalue weighted by molar-refractivity contribution is 0.124. The maximum Gasteiger partial charge on any atom is 0.280 e. The molecule has 3 rings (SSSR count). The summed E-state index contributed by atoms with van der Waals surface area (Å²) in [7, 11) is 0. The average molecular weight is 291 g/mol. The number of aliphatic hydroxyl groups is 2. The van der Waals surface area contributed by atoms with Crippen molar-refractivity contribution in [3.63, 3.8) is 0 Å². The average Bonchev–Trinajstić information content (AvgIpc) is 2.90. The summed E-state index contributed by atoms with van der Waals surface area (Å²) < 4.78 is 1.77. The molecular formula is C13H17N5O3. The number of nitrogens with one attached hydrogen (secondary N) is 1. The summed E-state index contributed by atoms with van der Waals surface area (Å²) in [5.41, 5.74) is 5.87. The molecule has 1 aliphatic carbocycles. The van der Waals surface area contributed by atoms with E-state index in [1.165, 1.54) is 0 Å². The van der Waals surface area contributed by atoms with Crippen LogP contribution in [0.5, 0.6) is 0 Å². The van der Waals surface area contributed by atoms with E-state index in [-0.39, 0.29) is 48.1 Å². The van der Waals surface area contributed by atoms with Gasteiger partial charge in [0, 0.05) is 19.1 Å². The number of hydrogen-bond acceptors (Lipinski definition) is 6. The third-order valence-corrected chi connectivity index (χ3v) is 3.98. The summed E-state index contributed by atoms with van der Waals surface area (Å²) in [5, 5.41) is 18.7. The van der Waals surface area contributed by atoms with Gasteiger partial charge < -0.3 is 20.5 Å². The summed E-state index contributed by atoms with van der Waals surface area (Å²) in [6.07, 6.45) is 6.01. The molecule has 3 atom stereocenters. The minimum absolute atomic E-state index is 0.00396. The van der Waals surface area contributed by atoms with E-state index < -0.39 is 0 Å². The second kappa shape index (κ2) is 5.30. The SMILES string of the molecule is Nc1nc2c(ncn2[C@H]2C=C[C@H](CO)[C@H](CO)C2)c(=O)[nH]1. The van der Waals surface area contributed by atoms with E-state index in [1.54, 1.807) is 10.9 Å². The van der Waals surface area contributed by atoms with Crippen LogP contribution in [-0.4, -0.2) is 42.9 Å². The molecule has 0 aliphatic heterocycles. The Kier molecular flexibility index (Phi) is 3.48. The minimum atomic E-state index is -0.372. The van der Waals surface area contributed by atoms with E-state index in [2.05, 4.69) is 15.0 Å². The first-order chi connectivity index (χ1) is 10.1. The van der Waals surface area contributed by atoms with Crippen LogP contribution in [0.15, 0.2) is 23.3 Å². The van der Waals surface area contributed by atoms with Gasteiger partial charge in [-0.25, -0.2) is 4.98 Å². The molecule has 5 N–H and O–H groups in total. The standard InChI is InChI=1S/C13H17N5O3/c14-13-16-11-10(12(21)17-13)15-6-18(11)9-2-1-7(4-19)8(3-9)5-20/h1-2,6-9,19-20H,3-5H2,(H3,14,16,17,21)/t7-,8+,9+/m1/s1. The van der Waals surface area contributed by atoms with Gasteiger partial charge in [-0.3, -0.25) is 9.78 Å². The van der Waals surface area contributed by atoms with E-state index in [9.17, 15) is 15.0 Å². The molecule has 0 amide bonds. The minimum Gasteiger partial charge on any atom is -0.396 e. The van der Waals surface area contributed by atoms with E-state index >= 15 is 0 Å². The van der Waals surface area contributed by atoms with Gasteiger partial charge >= 0.3 is 0 Å². The lowest BCUT2D eigenvalue weighted by atomic mass is 9.82. The molecule has 2 aromatic rings. The van der Waals surface area contributed by atoms with Crippen LogP contribution in [0.25, 0.3) is 11.2 Å². The van der Waals surface area contributed by atoms with Crippen molar-refractivity contribution < 1.29 is 10.2 Å². The van der Waals surface area contributed by atoms with Crippen LogP contribution in [-0.2, 0) is 0 Å². The van der Waals surface area contributed by atoms with Crippen LogP contribution in [0.2, 0.25) is 0 Å². The number of aromatic amines is 1. The molecular weight excluding hydrogens is 274 g/mol. The largest absolute Gasteiger partial charge is 0.396 e. The molecule has 0 unspecified atom stereocenters. The number of fused-ring (bicyclic) bond motifs is 1. The number of allylic oxidation sites excluding steroid dienone is 1. The molecule has 8 nitrogen and oxygen atoms in total. The quantitative estimate of drug-likeness (QED) is 0.560. The second-order valence-corrected chi connectivity index (χ2v) is 5.25. The van der Waals surface area contributed by atoms with Crippen LogP contribution < -0.4 is 11.3 Å². The van der Waals surface area contributed by atoms with Crippen LogP contribution in [0.4, 0.5) is 5.95 Å². The Balaban J connectivity index is 2.03. The Labute approximate surface area is 120 Å². The molecule has 2 aromatic heterocycles. The maximum atomic E-state index is 11.8. The summed E-state index contributed by atoms with van der Waals surface area (Å²) in [5.74, 6) is -0.0507. The third-order valence-electron chi connectivity index (χ3n) is 3.98. The molecule has 0 fully saturated rings. The van der Waals surface area contributed by atoms with E-state index in [1.807, 2.05) is 12.2 Å². The lowest BCUT2D eigenvalue weighted by Crippen LogP contribution is -2.27. The van der Waals surface area contributed by atoms with Gasteiger partial charge in [-0.05, 0) is 12.3 Å². The predicted molar refractivity (Wildman–Crippen MR) is 76.5 cm³/mol. The number of nitrogens with two attached hydrogens (primary N) is 1. The Morgan fingerprint density at radius 2 is 2.19 bits per heavy atom. The summed E-state index contributed by atoms with van der Waals surface area (Å²) in [6.45, 7) is -0.00115. The zero-order chi connectivity index (χ0) is 15.0. The van der Waals surface area contributed by atoms with Crippen molar-refractivity contribution in [3.05, 3.63) is 28.8 Å². The van der Waals surface area contributed by atoms with Gasteiger partial charge in [-0.1, -0.05) is 12.2 Å². The highest BCUT2D eigenvalue weighted by Gasteiger charge is 2.27. The number of aliphatic hydroxyl groups excluding tert-OH is 2. The fourth-order valence-corrected chi connectivity index (χ4v) is 2.80. The number of anilines is 1. The van der Waals surface area contributed by atoms with Crippen LogP contribution in [0.3, 0.4) is 0 Å². The van der Waals surface area contributed by atoms with Gasteiger partial charge in [0.2, 0.25) is 5.95 Å². The number of rotatable bonds is 3. The molecule has 1 aliphatic rings. The lowest BCUT2D eigenvalue weighted by Gasteiger charge is -2.30. The van der Waals surface area contributed by atoms with Gasteiger partial charge in [-0.15, -0.1) is 0 Å². The highest BCUT2D eigenvalue weighted by atomic mass is 16.3. The van der Waals surface area contributed by atoms with E-state index in [0.29, 0.717) is 12.1 Å². The zero-order valence-corrected chi connectivity index (χ0v) is 11.3. The first-order valence-corrected chi connectivity index (χ1v) is 6.76. The smallest absolute Gasteiger partial charge is 0.280 e. The number of imidazole rings is 1. The summed E-state index contributed by atoms with van der Waals surface area (Å²) in [4.78, 5) is 22.4. The summed E-state index contributed by atoms with van der Waals surface area (Å²) in [6, 6.07) is -0.0800. The molecule has 2 heterocycles. The highest BCUT2D eigenvalue weighted by molar-refractivity contribution is 5.70. The molecule has 0 bridgehead atoms. The van der Waals surface area contributed by atoms with E-state index in [0.717, 1.165) is 0 Å². The van der Waals surface area contributed by atoms with Crippen LogP contribution in [0, 0.1) is 11.8 Å². The predicted octanol–water partition coefficient (Wildman–Crippen LogP) is -0.580. The number of nitrogens with zero attached hydrogens (tertiary/aromatic N) is 3. The normalized spacial score (nSPS) is 25.5. The van der Waals surface area contributed by atoms with Crippen LogP contribution >= 0.6 is 0 Å². The van der Waals surface area contributed by atoms with E-state index in [4.69, 9.17) is 5.73 Å². The number of hydrogen-bond donors (Lipinski definition) is 4. The fourth-order valence-electron chi connectivity index (χ4n) is 2.80. The van der Waals surface area contributed by atoms with Crippen molar-refractivity contribution in [2.45, 2.75) is 12.5 Å². The van der Waals surface area contributed by atoms with Crippen molar-refractivity contribution in [1.29, 1.82) is 0 Å². The first-order valence-electron chi connectivity index (χ1n) is 6.76.